The van der Waals surface area contributed by atoms with Gasteiger partial charge in [0.25, 0.3) is 10.2 Å². The predicted octanol–water partition coefficient (Wildman–Crippen LogP) is -0.109. The largest absolute Gasteiger partial charge is 0.480 e. The standard InChI is InChI=1S/C11H20N2O5S/c1-9-8-12(6-7-18-9)19(16,17)13-5-3-2-4-10(13)11(14)15/h9-10H,2-8H2,1H3,(H,14,15). The van der Waals surface area contributed by atoms with Crippen molar-refractivity contribution in [1.29, 1.82) is 0 Å². The normalized spacial score (nSPS) is 31.2. The predicted molar refractivity (Wildman–Crippen MR) is 67.9 cm³/mol. The fraction of sp³-hybridized carbons (Fsp3) is 0.909. The molecule has 2 saturated heterocycles. The van der Waals surface area contributed by atoms with Crippen molar-refractivity contribution in [2.45, 2.75) is 38.3 Å². The van der Waals surface area contributed by atoms with Crippen LogP contribution in [0.25, 0.3) is 0 Å². The highest BCUT2D eigenvalue weighted by molar-refractivity contribution is 7.86. The molecule has 8 heteroatoms. The van der Waals surface area contributed by atoms with Crippen LogP contribution in [0.15, 0.2) is 0 Å². The number of rotatable bonds is 3. The topological polar surface area (TPSA) is 87.2 Å². The van der Waals surface area contributed by atoms with Crippen molar-refractivity contribution in [2.24, 2.45) is 0 Å². The Bertz CT molecular complexity index is 438. The maximum Gasteiger partial charge on any atom is 0.322 e. The Kier molecular flexibility index (Phi) is 4.44. The Morgan fingerprint density at radius 1 is 1.32 bits per heavy atom. The van der Waals surface area contributed by atoms with Crippen molar-refractivity contribution in [2.75, 3.05) is 26.2 Å². The van der Waals surface area contributed by atoms with Crippen LogP contribution in [-0.2, 0) is 19.7 Å². The summed E-state index contributed by atoms with van der Waals surface area (Å²) in [6.45, 7) is 3.02. The fourth-order valence-corrected chi connectivity index (χ4v) is 4.45. The van der Waals surface area contributed by atoms with Gasteiger partial charge < -0.3 is 9.84 Å². The molecule has 2 heterocycles. The number of carboxylic acid groups (broad SMARTS) is 1. The Hall–Kier alpha value is -0.700. The second-order valence-corrected chi connectivity index (χ2v) is 6.89. The van der Waals surface area contributed by atoms with E-state index in [1.165, 1.54) is 4.31 Å². The molecule has 0 aromatic heterocycles. The molecule has 110 valence electrons. The molecule has 0 aromatic rings. The van der Waals surface area contributed by atoms with Gasteiger partial charge in [-0.1, -0.05) is 0 Å². The quantitative estimate of drug-likeness (QED) is 0.784. The molecule has 19 heavy (non-hydrogen) atoms. The van der Waals surface area contributed by atoms with Crippen LogP contribution in [-0.4, -0.2) is 66.5 Å². The molecule has 2 atom stereocenters. The molecule has 0 aliphatic carbocycles. The van der Waals surface area contributed by atoms with Gasteiger partial charge in [0, 0.05) is 19.6 Å². The summed E-state index contributed by atoms with van der Waals surface area (Å²) in [6.07, 6.45) is 1.69. The van der Waals surface area contributed by atoms with Gasteiger partial charge >= 0.3 is 5.97 Å². The molecule has 0 aromatic carbocycles. The van der Waals surface area contributed by atoms with Crippen molar-refractivity contribution in [3.63, 3.8) is 0 Å². The first-order chi connectivity index (χ1) is 8.93. The Balaban J connectivity index is 2.19. The zero-order valence-corrected chi connectivity index (χ0v) is 11.8. The van der Waals surface area contributed by atoms with Gasteiger partial charge in [-0.3, -0.25) is 4.79 Å². The SMILES string of the molecule is CC1CN(S(=O)(=O)N2CCCCC2C(=O)O)CCO1. The summed E-state index contributed by atoms with van der Waals surface area (Å²) in [4.78, 5) is 11.2. The first kappa shape index (κ1) is 14.7. The van der Waals surface area contributed by atoms with Gasteiger partial charge in [0.05, 0.1) is 12.7 Å². The highest BCUT2D eigenvalue weighted by Gasteiger charge is 2.41. The molecular weight excluding hydrogens is 272 g/mol. The first-order valence-electron chi connectivity index (χ1n) is 6.54. The van der Waals surface area contributed by atoms with Crippen LogP contribution in [0.3, 0.4) is 0 Å². The molecule has 2 unspecified atom stereocenters. The van der Waals surface area contributed by atoms with Gasteiger partial charge in [-0.25, -0.2) is 0 Å². The lowest BCUT2D eigenvalue weighted by atomic mass is 10.1. The molecule has 1 N–H and O–H groups in total. The minimum Gasteiger partial charge on any atom is -0.480 e. The van der Waals surface area contributed by atoms with Gasteiger partial charge in [0.2, 0.25) is 0 Å². The Morgan fingerprint density at radius 3 is 2.68 bits per heavy atom. The minimum atomic E-state index is -3.71. The molecule has 0 bridgehead atoms. The number of piperidine rings is 1. The molecule has 2 fully saturated rings. The third-order valence-corrected chi connectivity index (χ3v) is 5.58. The minimum absolute atomic E-state index is 0.156. The summed E-state index contributed by atoms with van der Waals surface area (Å²) in [7, 11) is -3.71. The summed E-state index contributed by atoms with van der Waals surface area (Å²) in [5, 5.41) is 9.17. The van der Waals surface area contributed by atoms with E-state index in [0.717, 1.165) is 10.7 Å². The maximum absolute atomic E-state index is 12.5. The van der Waals surface area contributed by atoms with Gasteiger partial charge in [-0.2, -0.15) is 17.0 Å². The lowest BCUT2D eigenvalue weighted by Crippen LogP contribution is -2.56. The Labute approximate surface area is 113 Å². The average molecular weight is 292 g/mol. The van der Waals surface area contributed by atoms with Crippen LogP contribution in [0.1, 0.15) is 26.2 Å². The number of carboxylic acids is 1. The van der Waals surface area contributed by atoms with Gasteiger partial charge in [0.1, 0.15) is 6.04 Å². The van der Waals surface area contributed by atoms with E-state index in [1.807, 2.05) is 6.92 Å². The van der Waals surface area contributed by atoms with E-state index in [4.69, 9.17) is 4.74 Å². The molecule has 2 aliphatic rings. The van der Waals surface area contributed by atoms with Crippen molar-refractivity contribution in [3.05, 3.63) is 0 Å². The van der Waals surface area contributed by atoms with Crippen LogP contribution in [0.5, 0.6) is 0 Å². The number of nitrogens with zero attached hydrogens (tertiary/aromatic N) is 2. The molecule has 7 nitrogen and oxygen atoms in total. The number of hydrogen-bond acceptors (Lipinski definition) is 4. The van der Waals surface area contributed by atoms with Gasteiger partial charge in [0.15, 0.2) is 0 Å². The van der Waals surface area contributed by atoms with E-state index in [1.54, 1.807) is 0 Å². The van der Waals surface area contributed by atoms with Crippen LogP contribution in [0.2, 0.25) is 0 Å². The highest BCUT2D eigenvalue weighted by Crippen LogP contribution is 2.24. The third-order valence-electron chi connectivity index (χ3n) is 3.57. The highest BCUT2D eigenvalue weighted by atomic mass is 32.2. The monoisotopic (exact) mass is 292 g/mol. The zero-order valence-electron chi connectivity index (χ0n) is 11.0. The van der Waals surface area contributed by atoms with Crippen molar-refractivity contribution < 1.29 is 23.1 Å². The van der Waals surface area contributed by atoms with Gasteiger partial charge in [-0.05, 0) is 26.2 Å². The van der Waals surface area contributed by atoms with Crippen molar-refractivity contribution in [3.8, 4) is 0 Å². The smallest absolute Gasteiger partial charge is 0.322 e. The summed E-state index contributed by atoms with van der Waals surface area (Å²) in [5.41, 5.74) is 0. The number of carbonyl (C=O) groups is 1. The summed E-state index contributed by atoms with van der Waals surface area (Å²) in [6, 6.07) is -0.933. The number of aliphatic carboxylic acids is 1. The van der Waals surface area contributed by atoms with Crippen LogP contribution < -0.4 is 0 Å². The molecule has 0 radical (unpaired) electrons. The fourth-order valence-electron chi connectivity index (χ4n) is 2.57. The van der Waals surface area contributed by atoms with Gasteiger partial charge in [-0.15, -0.1) is 0 Å². The second kappa shape index (κ2) is 5.74. The van der Waals surface area contributed by atoms with E-state index >= 15 is 0 Å². The summed E-state index contributed by atoms with van der Waals surface area (Å²) in [5.74, 6) is -1.07. The van der Waals surface area contributed by atoms with E-state index < -0.39 is 22.2 Å². The summed E-state index contributed by atoms with van der Waals surface area (Å²) >= 11 is 0. The average Bonchev–Trinajstić information content (AvgIpc) is 2.38. The molecule has 0 saturated carbocycles. The zero-order chi connectivity index (χ0) is 14.0. The number of morpholine rings is 1. The molecule has 2 aliphatic heterocycles. The molecule has 0 spiro atoms. The van der Waals surface area contributed by atoms with E-state index in [9.17, 15) is 18.3 Å². The first-order valence-corrected chi connectivity index (χ1v) is 7.94. The lowest BCUT2D eigenvalue weighted by Gasteiger charge is -2.38. The van der Waals surface area contributed by atoms with E-state index in [-0.39, 0.29) is 25.7 Å². The Morgan fingerprint density at radius 2 is 2.05 bits per heavy atom. The van der Waals surface area contributed by atoms with Crippen molar-refractivity contribution in [1.82, 2.24) is 8.61 Å². The second-order valence-electron chi connectivity index (χ2n) is 5.01. The summed E-state index contributed by atoms with van der Waals surface area (Å²) < 4.78 is 32.9. The molecule has 0 amide bonds. The maximum atomic E-state index is 12.5. The number of hydrogen-bond donors (Lipinski definition) is 1. The van der Waals surface area contributed by atoms with Crippen LogP contribution >= 0.6 is 0 Å². The molecular formula is C11H20N2O5S. The number of ether oxygens (including phenoxy) is 1. The van der Waals surface area contributed by atoms with E-state index in [2.05, 4.69) is 0 Å². The molecule has 2 rings (SSSR count). The van der Waals surface area contributed by atoms with Crippen LogP contribution in [0.4, 0.5) is 0 Å². The lowest BCUT2D eigenvalue weighted by molar-refractivity contribution is -0.142. The van der Waals surface area contributed by atoms with Crippen molar-refractivity contribution >= 4 is 16.2 Å². The van der Waals surface area contributed by atoms with E-state index in [0.29, 0.717) is 19.4 Å². The third kappa shape index (κ3) is 3.07. The van der Waals surface area contributed by atoms with Crippen LogP contribution in [0, 0.1) is 0 Å².